The lowest BCUT2D eigenvalue weighted by Gasteiger charge is -2.24. The number of ether oxygens (including phenoxy) is 2. The Bertz CT molecular complexity index is 542. The Morgan fingerprint density at radius 1 is 1.16 bits per heavy atom. The molecule has 0 radical (unpaired) electrons. The summed E-state index contributed by atoms with van der Waals surface area (Å²) in [4.78, 5) is 6.52. The minimum Gasteiger partial charge on any atom is -0.493 e. The van der Waals surface area contributed by atoms with Crippen LogP contribution in [0.2, 0.25) is 0 Å². The van der Waals surface area contributed by atoms with Crippen LogP contribution in [0, 0.1) is 5.41 Å². The quantitative estimate of drug-likeness (QED) is 0.380. The number of rotatable bonds is 7. The fourth-order valence-electron chi connectivity index (χ4n) is 2.37. The van der Waals surface area contributed by atoms with Crippen molar-refractivity contribution in [1.29, 1.82) is 0 Å². The number of likely N-dealkylation sites (N-methyl/N-ethyl adjacent to an activating group) is 1. The zero-order chi connectivity index (χ0) is 18.2. The molecule has 0 unspecified atom stereocenters. The summed E-state index contributed by atoms with van der Waals surface area (Å²) in [5.41, 5.74) is 1.54. The first kappa shape index (κ1) is 23.8. The maximum atomic E-state index is 5.36. The van der Waals surface area contributed by atoms with E-state index in [9.17, 15) is 0 Å². The molecule has 0 amide bonds. The van der Waals surface area contributed by atoms with Gasteiger partial charge in [-0.05, 0) is 36.0 Å². The first-order valence-electron chi connectivity index (χ1n) is 8.43. The number of methoxy groups -OCH3 is 2. The highest BCUT2D eigenvalue weighted by molar-refractivity contribution is 14.0. The van der Waals surface area contributed by atoms with Crippen molar-refractivity contribution in [1.82, 2.24) is 10.2 Å². The Morgan fingerprint density at radius 3 is 2.32 bits per heavy atom. The van der Waals surface area contributed by atoms with Crippen LogP contribution in [-0.4, -0.2) is 52.3 Å². The number of nitrogens with zero attached hydrogens (tertiary/aromatic N) is 2. The number of guanidine groups is 1. The minimum atomic E-state index is 0. The molecular formula is C19H34IN3O2. The zero-order valence-electron chi connectivity index (χ0n) is 16.7. The van der Waals surface area contributed by atoms with E-state index in [-0.39, 0.29) is 24.0 Å². The van der Waals surface area contributed by atoms with Crippen LogP contribution in [0.5, 0.6) is 11.5 Å². The first-order valence-corrected chi connectivity index (χ1v) is 8.43. The monoisotopic (exact) mass is 463 g/mol. The van der Waals surface area contributed by atoms with Gasteiger partial charge in [-0.1, -0.05) is 26.8 Å². The van der Waals surface area contributed by atoms with E-state index in [1.54, 1.807) is 14.2 Å². The van der Waals surface area contributed by atoms with Crippen molar-refractivity contribution in [2.24, 2.45) is 10.4 Å². The average molecular weight is 463 g/mol. The molecule has 0 aliphatic rings. The van der Waals surface area contributed by atoms with Crippen LogP contribution >= 0.6 is 24.0 Å². The van der Waals surface area contributed by atoms with Crippen molar-refractivity contribution < 1.29 is 9.47 Å². The van der Waals surface area contributed by atoms with Crippen molar-refractivity contribution >= 4 is 29.9 Å². The van der Waals surface area contributed by atoms with Gasteiger partial charge in [0.2, 0.25) is 0 Å². The summed E-state index contributed by atoms with van der Waals surface area (Å²) < 4.78 is 10.6. The van der Waals surface area contributed by atoms with Crippen molar-refractivity contribution in [2.75, 3.05) is 41.4 Å². The molecule has 0 fully saturated rings. The van der Waals surface area contributed by atoms with Gasteiger partial charge >= 0.3 is 0 Å². The van der Waals surface area contributed by atoms with Crippen molar-refractivity contribution in [3.63, 3.8) is 0 Å². The Kier molecular flexibility index (Phi) is 10.9. The van der Waals surface area contributed by atoms with Gasteiger partial charge < -0.3 is 19.7 Å². The third-order valence-corrected chi connectivity index (χ3v) is 3.92. The van der Waals surface area contributed by atoms with E-state index in [1.807, 2.05) is 19.2 Å². The summed E-state index contributed by atoms with van der Waals surface area (Å²) >= 11 is 0. The average Bonchev–Trinajstić information content (AvgIpc) is 2.55. The Morgan fingerprint density at radius 2 is 1.80 bits per heavy atom. The summed E-state index contributed by atoms with van der Waals surface area (Å²) in [7, 11) is 7.20. The number of benzene rings is 1. The van der Waals surface area contributed by atoms with Crippen molar-refractivity contribution in [2.45, 2.75) is 33.6 Å². The lowest BCUT2D eigenvalue weighted by Crippen LogP contribution is -2.41. The molecule has 0 atom stereocenters. The standard InChI is InChI=1S/C19H33N3O2.HI/c1-19(2,3)11-12-21-18(20-4)22(5)13-10-15-8-9-16(23-6)17(14-15)24-7;/h8-9,14H,10-13H2,1-7H3,(H,20,21);1H. The van der Waals surface area contributed by atoms with E-state index in [0.29, 0.717) is 5.41 Å². The highest BCUT2D eigenvalue weighted by Crippen LogP contribution is 2.27. The molecule has 1 N–H and O–H groups in total. The molecule has 25 heavy (non-hydrogen) atoms. The lowest BCUT2D eigenvalue weighted by atomic mass is 9.92. The van der Waals surface area contributed by atoms with Crippen LogP contribution in [0.3, 0.4) is 0 Å². The van der Waals surface area contributed by atoms with E-state index in [4.69, 9.17) is 9.47 Å². The molecular weight excluding hydrogens is 429 g/mol. The molecule has 1 rings (SSSR count). The molecule has 0 aliphatic carbocycles. The lowest BCUT2D eigenvalue weighted by molar-refractivity contribution is 0.354. The van der Waals surface area contributed by atoms with E-state index in [2.05, 4.69) is 49.1 Å². The zero-order valence-corrected chi connectivity index (χ0v) is 19.0. The van der Waals surface area contributed by atoms with Gasteiger partial charge in [-0.3, -0.25) is 4.99 Å². The molecule has 0 aromatic heterocycles. The molecule has 0 spiro atoms. The molecule has 1 aromatic rings. The second-order valence-corrected chi connectivity index (χ2v) is 7.15. The van der Waals surface area contributed by atoms with Gasteiger partial charge in [0.15, 0.2) is 17.5 Å². The maximum absolute atomic E-state index is 5.36. The molecule has 0 bridgehead atoms. The fraction of sp³-hybridized carbons (Fsp3) is 0.632. The third-order valence-electron chi connectivity index (χ3n) is 3.92. The Labute approximate surface area is 170 Å². The van der Waals surface area contributed by atoms with Crippen LogP contribution < -0.4 is 14.8 Å². The molecule has 144 valence electrons. The van der Waals surface area contributed by atoms with E-state index in [0.717, 1.165) is 43.4 Å². The highest BCUT2D eigenvalue weighted by atomic mass is 127. The Hall–Kier alpha value is -1.18. The molecule has 1 aromatic carbocycles. The Balaban J connectivity index is 0.00000576. The smallest absolute Gasteiger partial charge is 0.193 e. The predicted octanol–water partition coefficient (Wildman–Crippen LogP) is 3.81. The SMILES string of the molecule is CN=C(NCCC(C)(C)C)N(C)CCc1ccc(OC)c(OC)c1.I. The van der Waals surface area contributed by atoms with Gasteiger partial charge in [-0.15, -0.1) is 24.0 Å². The van der Waals surface area contributed by atoms with Gasteiger partial charge in [0.05, 0.1) is 14.2 Å². The molecule has 0 saturated carbocycles. The molecule has 6 heteroatoms. The molecule has 0 aliphatic heterocycles. The second kappa shape index (κ2) is 11.4. The number of halogens is 1. The van der Waals surface area contributed by atoms with Gasteiger partial charge in [0.1, 0.15) is 0 Å². The fourth-order valence-corrected chi connectivity index (χ4v) is 2.37. The number of hydrogen-bond acceptors (Lipinski definition) is 3. The van der Waals surface area contributed by atoms with Gasteiger partial charge in [0, 0.05) is 27.2 Å². The number of aliphatic imine (C=N–C) groups is 1. The minimum absolute atomic E-state index is 0. The molecule has 0 heterocycles. The van der Waals surface area contributed by atoms with Crippen LogP contribution in [0.1, 0.15) is 32.8 Å². The second-order valence-electron chi connectivity index (χ2n) is 7.15. The molecule has 0 saturated heterocycles. The summed E-state index contributed by atoms with van der Waals surface area (Å²) in [6.45, 7) is 8.55. The van der Waals surface area contributed by atoms with Crippen LogP contribution in [0.4, 0.5) is 0 Å². The predicted molar refractivity (Wildman–Crippen MR) is 117 cm³/mol. The van der Waals surface area contributed by atoms with Crippen LogP contribution in [-0.2, 0) is 6.42 Å². The van der Waals surface area contributed by atoms with Gasteiger partial charge in [-0.25, -0.2) is 0 Å². The van der Waals surface area contributed by atoms with E-state index >= 15 is 0 Å². The summed E-state index contributed by atoms with van der Waals surface area (Å²) in [5.74, 6) is 2.46. The van der Waals surface area contributed by atoms with Crippen molar-refractivity contribution in [3.05, 3.63) is 23.8 Å². The summed E-state index contributed by atoms with van der Waals surface area (Å²) in [6, 6.07) is 6.05. The van der Waals surface area contributed by atoms with Crippen LogP contribution in [0.25, 0.3) is 0 Å². The molecule has 5 nitrogen and oxygen atoms in total. The van der Waals surface area contributed by atoms with Crippen molar-refractivity contribution in [3.8, 4) is 11.5 Å². The van der Waals surface area contributed by atoms with E-state index < -0.39 is 0 Å². The topological polar surface area (TPSA) is 46.1 Å². The van der Waals surface area contributed by atoms with Gasteiger partial charge in [-0.2, -0.15) is 0 Å². The third kappa shape index (κ3) is 8.65. The summed E-state index contributed by atoms with van der Waals surface area (Å²) in [5, 5.41) is 3.43. The highest BCUT2D eigenvalue weighted by Gasteiger charge is 2.12. The summed E-state index contributed by atoms with van der Waals surface area (Å²) in [6.07, 6.45) is 2.02. The maximum Gasteiger partial charge on any atom is 0.193 e. The van der Waals surface area contributed by atoms with Crippen LogP contribution in [0.15, 0.2) is 23.2 Å². The number of hydrogen-bond donors (Lipinski definition) is 1. The van der Waals surface area contributed by atoms with E-state index in [1.165, 1.54) is 5.56 Å². The first-order chi connectivity index (χ1) is 11.3. The number of nitrogens with one attached hydrogen (secondary N) is 1. The largest absolute Gasteiger partial charge is 0.493 e. The normalized spacial score (nSPS) is 11.6. The van der Waals surface area contributed by atoms with Gasteiger partial charge in [0.25, 0.3) is 0 Å².